The van der Waals surface area contributed by atoms with Crippen LogP contribution in [0.5, 0.6) is 0 Å². The van der Waals surface area contributed by atoms with E-state index in [4.69, 9.17) is 4.74 Å². The van der Waals surface area contributed by atoms with Crippen molar-refractivity contribution in [2.24, 2.45) is 7.05 Å². The molecule has 0 unspecified atom stereocenters. The number of hydrogen-bond acceptors (Lipinski definition) is 2. The third-order valence-electron chi connectivity index (χ3n) is 1.79. The smallest absolute Gasteiger partial charge is 0.338 e. The lowest BCUT2D eigenvalue weighted by atomic mass is 10.1. The molecule has 0 atom stereocenters. The molecule has 0 aliphatic rings. The van der Waals surface area contributed by atoms with E-state index in [2.05, 4.69) is 0 Å². The van der Waals surface area contributed by atoms with E-state index in [1.165, 1.54) is 0 Å². The van der Waals surface area contributed by atoms with Crippen molar-refractivity contribution in [2.45, 2.75) is 13.8 Å². The Morgan fingerprint density at radius 2 is 2.31 bits per heavy atom. The zero-order valence-corrected chi connectivity index (χ0v) is 8.20. The molecule has 1 aromatic heterocycles. The van der Waals surface area contributed by atoms with Crippen LogP contribution in [0.1, 0.15) is 22.8 Å². The number of pyridine rings is 1. The highest BCUT2D eigenvalue weighted by molar-refractivity contribution is 5.90. The average Bonchev–Trinajstić information content (AvgIpc) is 2.04. The molecule has 0 aliphatic heterocycles. The quantitative estimate of drug-likeness (QED) is 0.502. The van der Waals surface area contributed by atoms with Crippen molar-refractivity contribution in [3.05, 3.63) is 29.6 Å². The molecule has 0 fully saturated rings. The molecule has 0 saturated heterocycles. The summed E-state index contributed by atoms with van der Waals surface area (Å²) in [6.07, 6.45) is 3.73. The molecule has 0 radical (unpaired) electrons. The van der Waals surface area contributed by atoms with Gasteiger partial charge in [0, 0.05) is 11.6 Å². The van der Waals surface area contributed by atoms with Crippen LogP contribution in [-0.4, -0.2) is 12.6 Å². The third kappa shape index (κ3) is 2.28. The van der Waals surface area contributed by atoms with Gasteiger partial charge in [0.1, 0.15) is 7.05 Å². The lowest BCUT2D eigenvalue weighted by molar-refractivity contribution is -0.671. The van der Waals surface area contributed by atoms with Crippen molar-refractivity contribution >= 4 is 5.97 Å². The van der Waals surface area contributed by atoms with E-state index < -0.39 is 0 Å². The van der Waals surface area contributed by atoms with Gasteiger partial charge in [-0.1, -0.05) is 0 Å². The monoisotopic (exact) mass is 180 g/mol. The highest BCUT2D eigenvalue weighted by Crippen LogP contribution is 2.05. The molecule has 0 bridgehead atoms. The number of nitrogens with zero attached hydrogens (tertiary/aromatic N) is 1. The Hall–Kier alpha value is -1.38. The fourth-order valence-electron chi connectivity index (χ4n) is 1.18. The van der Waals surface area contributed by atoms with Gasteiger partial charge in [0.15, 0.2) is 12.4 Å². The van der Waals surface area contributed by atoms with E-state index in [0.717, 1.165) is 5.56 Å². The summed E-state index contributed by atoms with van der Waals surface area (Å²) in [7, 11) is 1.92. The molecule has 3 heteroatoms. The van der Waals surface area contributed by atoms with Gasteiger partial charge in [-0.15, -0.1) is 0 Å². The first-order valence-corrected chi connectivity index (χ1v) is 4.28. The van der Waals surface area contributed by atoms with Crippen molar-refractivity contribution in [2.75, 3.05) is 6.61 Å². The van der Waals surface area contributed by atoms with Gasteiger partial charge in [-0.2, -0.15) is 0 Å². The number of carbonyl (C=O) groups is 1. The minimum Gasteiger partial charge on any atom is -0.462 e. The topological polar surface area (TPSA) is 30.2 Å². The number of ether oxygens (including phenoxy) is 1. The predicted octanol–water partition coefficient (Wildman–Crippen LogP) is 0.996. The molecule has 3 nitrogen and oxygen atoms in total. The van der Waals surface area contributed by atoms with Crippen LogP contribution in [0.3, 0.4) is 0 Å². The van der Waals surface area contributed by atoms with E-state index in [-0.39, 0.29) is 5.97 Å². The fraction of sp³-hybridized carbons (Fsp3) is 0.400. The minimum atomic E-state index is -0.249. The number of aromatic nitrogens is 1. The Bertz CT molecular complexity index is 321. The molecule has 0 saturated carbocycles. The van der Waals surface area contributed by atoms with Gasteiger partial charge in [-0.25, -0.2) is 9.36 Å². The number of carbonyl (C=O) groups excluding carboxylic acids is 1. The number of esters is 1. The molecule has 0 spiro atoms. The van der Waals surface area contributed by atoms with E-state index >= 15 is 0 Å². The molecular formula is C10H14NO2+. The fourth-order valence-corrected chi connectivity index (χ4v) is 1.18. The summed E-state index contributed by atoms with van der Waals surface area (Å²) in [5.41, 5.74) is 1.57. The van der Waals surface area contributed by atoms with E-state index in [1.807, 2.05) is 30.9 Å². The summed E-state index contributed by atoms with van der Waals surface area (Å²) in [5.74, 6) is -0.249. The molecule has 13 heavy (non-hydrogen) atoms. The van der Waals surface area contributed by atoms with Gasteiger partial charge in [-0.3, -0.25) is 0 Å². The van der Waals surface area contributed by atoms with Crippen molar-refractivity contribution < 1.29 is 14.1 Å². The van der Waals surface area contributed by atoms with Crippen LogP contribution in [0.4, 0.5) is 0 Å². The van der Waals surface area contributed by atoms with Gasteiger partial charge >= 0.3 is 5.97 Å². The minimum absolute atomic E-state index is 0.249. The number of aryl methyl sites for hydroxylation is 2. The summed E-state index contributed by atoms with van der Waals surface area (Å²) in [6, 6.07) is 1.77. The maximum absolute atomic E-state index is 11.3. The van der Waals surface area contributed by atoms with Crippen molar-refractivity contribution in [3.63, 3.8) is 0 Å². The van der Waals surface area contributed by atoms with Gasteiger partial charge in [0.05, 0.1) is 12.2 Å². The first-order chi connectivity index (χ1) is 6.15. The van der Waals surface area contributed by atoms with E-state index in [9.17, 15) is 4.79 Å². The van der Waals surface area contributed by atoms with Crippen molar-refractivity contribution in [3.8, 4) is 0 Å². The molecule has 0 aliphatic carbocycles. The molecule has 1 rings (SSSR count). The molecule has 0 aromatic carbocycles. The molecule has 70 valence electrons. The van der Waals surface area contributed by atoms with Crippen LogP contribution in [-0.2, 0) is 11.8 Å². The second-order valence-corrected chi connectivity index (χ2v) is 2.93. The number of hydrogen-bond donors (Lipinski definition) is 0. The summed E-state index contributed by atoms with van der Waals surface area (Å²) >= 11 is 0. The summed E-state index contributed by atoms with van der Waals surface area (Å²) in [4.78, 5) is 11.3. The Balaban J connectivity index is 2.95. The van der Waals surface area contributed by atoms with E-state index in [1.54, 1.807) is 13.0 Å². The maximum Gasteiger partial charge on any atom is 0.338 e. The highest BCUT2D eigenvalue weighted by atomic mass is 16.5. The SMILES string of the molecule is CCOC(=O)c1cc[n+](C)cc1C. The van der Waals surface area contributed by atoms with Crippen LogP contribution in [0.15, 0.2) is 18.5 Å². The third-order valence-corrected chi connectivity index (χ3v) is 1.79. The van der Waals surface area contributed by atoms with Gasteiger partial charge in [0.25, 0.3) is 0 Å². The predicted molar refractivity (Wildman–Crippen MR) is 48.3 cm³/mol. The Morgan fingerprint density at radius 3 is 2.85 bits per heavy atom. The molecular weight excluding hydrogens is 166 g/mol. The zero-order chi connectivity index (χ0) is 9.84. The van der Waals surface area contributed by atoms with Crippen LogP contribution in [0.2, 0.25) is 0 Å². The Labute approximate surface area is 78.0 Å². The summed E-state index contributed by atoms with van der Waals surface area (Å²) in [6.45, 7) is 4.11. The van der Waals surface area contributed by atoms with Gasteiger partial charge in [0.2, 0.25) is 0 Å². The normalized spacial score (nSPS) is 9.77. The Morgan fingerprint density at radius 1 is 1.62 bits per heavy atom. The van der Waals surface area contributed by atoms with E-state index in [0.29, 0.717) is 12.2 Å². The molecule has 0 amide bonds. The Kier molecular flexibility index (Phi) is 3.01. The molecule has 0 N–H and O–H groups in total. The number of rotatable bonds is 2. The van der Waals surface area contributed by atoms with Crippen molar-refractivity contribution in [1.29, 1.82) is 0 Å². The van der Waals surface area contributed by atoms with Gasteiger partial charge < -0.3 is 4.74 Å². The standard InChI is InChI=1S/C10H14NO2/c1-4-13-10(12)9-5-6-11(3)7-8(9)2/h5-7H,4H2,1-3H3/q+1. The molecule has 1 aromatic rings. The second-order valence-electron chi connectivity index (χ2n) is 2.93. The van der Waals surface area contributed by atoms with Crippen LogP contribution < -0.4 is 4.57 Å². The lowest BCUT2D eigenvalue weighted by Gasteiger charge is -2.02. The first kappa shape index (κ1) is 9.71. The average molecular weight is 180 g/mol. The van der Waals surface area contributed by atoms with Crippen molar-refractivity contribution in [1.82, 2.24) is 0 Å². The van der Waals surface area contributed by atoms with Crippen LogP contribution in [0.25, 0.3) is 0 Å². The second kappa shape index (κ2) is 4.03. The summed E-state index contributed by atoms with van der Waals surface area (Å²) in [5, 5.41) is 0. The summed E-state index contributed by atoms with van der Waals surface area (Å²) < 4.78 is 6.80. The highest BCUT2D eigenvalue weighted by Gasteiger charge is 2.11. The largest absolute Gasteiger partial charge is 0.462 e. The van der Waals surface area contributed by atoms with Gasteiger partial charge in [-0.05, 0) is 13.8 Å². The molecule has 1 heterocycles. The van der Waals surface area contributed by atoms with Crippen LogP contribution in [0, 0.1) is 6.92 Å². The van der Waals surface area contributed by atoms with Crippen LogP contribution >= 0.6 is 0 Å². The maximum atomic E-state index is 11.3. The lowest BCUT2D eigenvalue weighted by Crippen LogP contribution is -2.28. The zero-order valence-electron chi connectivity index (χ0n) is 8.20. The first-order valence-electron chi connectivity index (χ1n) is 4.28.